The highest BCUT2D eigenvalue weighted by atomic mass is 19.1. The lowest BCUT2D eigenvalue weighted by Crippen LogP contribution is -2.52. The minimum Gasteiger partial charge on any atom is -0.385 e. The molecule has 2 rings (SSSR count). The van der Waals surface area contributed by atoms with Gasteiger partial charge in [-0.2, -0.15) is 0 Å². The number of hydrogen-bond donors (Lipinski definition) is 2. The number of urea groups is 1. The number of rotatable bonds is 7. The van der Waals surface area contributed by atoms with Crippen LogP contribution in [0.3, 0.4) is 0 Å². The van der Waals surface area contributed by atoms with E-state index in [2.05, 4.69) is 10.6 Å². The summed E-state index contributed by atoms with van der Waals surface area (Å²) in [7, 11) is 1.61. The number of nitrogens with one attached hydrogen (secondary N) is 2. The minimum atomic E-state index is -0.537. The Hall–Kier alpha value is -2.15. The van der Waals surface area contributed by atoms with E-state index in [1.807, 2.05) is 6.92 Å². The van der Waals surface area contributed by atoms with Crippen molar-refractivity contribution >= 4 is 11.9 Å². The highest BCUT2D eigenvalue weighted by Gasteiger charge is 2.41. The number of ether oxygens (including phenoxy) is 1. The molecule has 0 spiro atoms. The lowest BCUT2D eigenvalue weighted by Gasteiger charge is -2.30. The monoisotopic (exact) mass is 351 g/mol. The van der Waals surface area contributed by atoms with Crippen molar-refractivity contribution in [3.8, 4) is 0 Å². The van der Waals surface area contributed by atoms with Crippen LogP contribution in [0, 0.1) is 5.82 Å². The Bertz CT molecular complexity index is 594. The molecule has 7 heteroatoms. The van der Waals surface area contributed by atoms with Crippen molar-refractivity contribution in [3.05, 3.63) is 35.6 Å². The zero-order chi connectivity index (χ0) is 18.3. The van der Waals surface area contributed by atoms with E-state index >= 15 is 0 Å². The van der Waals surface area contributed by atoms with Crippen molar-refractivity contribution in [2.75, 3.05) is 33.4 Å². The molecule has 1 unspecified atom stereocenters. The quantitative estimate of drug-likeness (QED) is 0.791. The summed E-state index contributed by atoms with van der Waals surface area (Å²) in [4.78, 5) is 26.4. The van der Waals surface area contributed by atoms with Gasteiger partial charge in [-0.1, -0.05) is 6.92 Å². The van der Waals surface area contributed by atoms with Crippen LogP contribution in [0.2, 0.25) is 0 Å². The largest absolute Gasteiger partial charge is 0.385 e. The van der Waals surface area contributed by atoms with Crippen molar-refractivity contribution < 1.29 is 18.7 Å². The van der Waals surface area contributed by atoms with Gasteiger partial charge in [0.05, 0.1) is 5.54 Å². The standard InChI is InChI=1S/C18H26FN3O3/c1-3-10-20-17(24)22-11-8-18(13-22,9-12-25-2)21-16(23)14-4-6-15(19)7-5-14/h4-7H,3,8-13H2,1-2H3,(H,20,24)(H,21,23). The van der Waals surface area contributed by atoms with Gasteiger partial charge in [0.1, 0.15) is 5.82 Å². The Kier molecular flexibility index (Phi) is 6.75. The van der Waals surface area contributed by atoms with Gasteiger partial charge in [-0.15, -0.1) is 0 Å². The second kappa shape index (κ2) is 8.80. The molecule has 0 saturated carbocycles. The zero-order valence-electron chi connectivity index (χ0n) is 14.8. The summed E-state index contributed by atoms with van der Waals surface area (Å²) >= 11 is 0. The molecule has 25 heavy (non-hydrogen) atoms. The molecular weight excluding hydrogens is 325 g/mol. The molecule has 3 amide bonds. The van der Waals surface area contributed by atoms with Crippen LogP contribution in [0.4, 0.5) is 9.18 Å². The molecule has 1 aliphatic heterocycles. The first-order chi connectivity index (χ1) is 12.0. The summed E-state index contributed by atoms with van der Waals surface area (Å²) < 4.78 is 18.2. The molecule has 0 aromatic heterocycles. The van der Waals surface area contributed by atoms with E-state index < -0.39 is 5.54 Å². The summed E-state index contributed by atoms with van der Waals surface area (Å²) in [5, 5.41) is 5.90. The molecule has 2 N–H and O–H groups in total. The number of carbonyl (C=O) groups excluding carboxylic acids is 2. The van der Waals surface area contributed by atoms with Gasteiger partial charge in [-0.05, 0) is 43.5 Å². The van der Waals surface area contributed by atoms with Gasteiger partial charge in [-0.3, -0.25) is 4.79 Å². The van der Waals surface area contributed by atoms with E-state index in [9.17, 15) is 14.0 Å². The lowest BCUT2D eigenvalue weighted by atomic mass is 9.94. The van der Waals surface area contributed by atoms with Gasteiger partial charge >= 0.3 is 6.03 Å². The molecule has 1 heterocycles. The second-order valence-electron chi connectivity index (χ2n) is 6.39. The van der Waals surface area contributed by atoms with Gasteiger partial charge < -0.3 is 20.3 Å². The Labute approximate surface area is 147 Å². The molecule has 6 nitrogen and oxygen atoms in total. The van der Waals surface area contributed by atoms with Crippen LogP contribution in [-0.2, 0) is 4.74 Å². The SMILES string of the molecule is CCCNC(=O)N1CCC(CCOC)(NC(=O)c2ccc(F)cc2)C1. The molecule has 1 aliphatic rings. The first kappa shape index (κ1) is 19.2. The summed E-state index contributed by atoms with van der Waals surface area (Å²) in [6.45, 7) is 4.11. The predicted molar refractivity (Wildman–Crippen MR) is 93.0 cm³/mol. The number of nitrogens with zero attached hydrogens (tertiary/aromatic N) is 1. The molecule has 0 aliphatic carbocycles. The number of methoxy groups -OCH3 is 1. The van der Waals surface area contributed by atoms with E-state index in [-0.39, 0.29) is 17.8 Å². The van der Waals surface area contributed by atoms with E-state index in [0.29, 0.717) is 44.6 Å². The Morgan fingerprint density at radius 1 is 1.32 bits per heavy atom. The number of benzene rings is 1. The molecule has 1 aromatic carbocycles. The van der Waals surface area contributed by atoms with Crippen molar-refractivity contribution in [1.29, 1.82) is 0 Å². The molecule has 1 saturated heterocycles. The third-order valence-corrected chi connectivity index (χ3v) is 4.44. The van der Waals surface area contributed by atoms with Crippen molar-refractivity contribution in [1.82, 2.24) is 15.5 Å². The summed E-state index contributed by atoms with van der Waals surface area (Å²) in [6.07, 6.45) is 2.13. The smallest absolute Gasteiger partial charge is 0.317 e. The molecule has 0 radical (unpaired) electrons. The molecule has 138 valence electrons. The minimum absolute atomic E-state index is 0.114. The third-order valence-electron chi connectivity index (χ3n) is 4.44. The van der Waals surface area contributed by atoms with Crippen LogP contribution in [0.25, 0.3) is 0 Å². The fourth-order valence-electron chi connectivity index (χ4n) is 2.97. The van der Waals surface area contributed by atoms with Gasteiger partial charge in [-0.25, -0.2) is 9.18 Å². The van der Waals surface area contributed by atoms with Crippen molar-refractivity contribution in [2.24, 2.45) is 0 Å². The first-order valence-corrected chi connectivity index (χ1v) is 8.59. The van der Waals surface area contributed by atoms with Crippen LogP contribution in [-0.4, -0.2) is 55.7 Å². The zero-order valence-corrected chi connectivity index (χ0v) is 14.8. The first-order valence-electron chi connectivity index (χ1n) is 8.59. The summed E-state index contributed by atoms with van der Waals surface area (Å²) in [5.74, 6) is -0.655. The van der Waals surface area contributed by atoms with Gasteiger partial charge in [0.25, 0.3) is 5.91 Å². The molecule has 0 bridgehead atoms. The Morgan fingerprint density at radius 2 is 2.04 bits per heavy atom. The van der Waals surface area contributed by atoms with Crippen LogP contribution in [0.15, 0.2) is 24.3 Å². The Morgan fingerprint density at radius 3 is 2.68 bits per heavy atom. The summed E-state index contributed by atoms with van der Waals surface area (Å²) in [5.41, 5.74) is -0.141. The van der Waals surface area contributed by atoms with Crippen molar-refractivity contribution in [3.63, 3.8) is 0 Å². The van der Waals surface area contributed by atoms with Crippen LogP contribution >= 0.6 is 0 Å². The predicted octanol–water partition coefficient (Wildman–Crippen LogP) is 2.16. The second-order valence-corrected chi connectivity index (χ2v) is 6.39. The molecule has 1 aromatic rings. The van der Waals surface area contributed by atoms with Gasteiger partial charge in [0.2, 0.25) is 0 Å². The number of amides is 3. The fraction of sp³-hybridized carbons (Fsp3) is 0.556. The average molecular weight is 351 g/mol. The van der Waals surface area contributed by atoms with Crippen LogP contribution in [0.1, 0.15) is 36.5 Å². The Balaban J connectivity index is 2.06. The van der Waals surface area contributed by atoms with E-state index in [4.69, 9.17) is 4.74 Å². The maximum Gasteiger partial charge on any atom is 0.317 e. The van der Waals surface area contributed by atoms with Crippen molar-refractivity contribution in [2.45, 2.75) is 31.7 Å². The average Bonchev–Trinajstić information content (AvgIpc) is 3.02. The van der Waals surface area contributed by atoms with Gasteiger partial charge in [0, 0.05) is 38.9 Å². The molecule has 1 fully saturated rings. The number of halogens is 1. The highest BCUT2D eigenvalue weighted by molar-refractivity contribution is 5.94. The van der Waals surface area contributed by atoms with E-state index in [1.165, 1.54) is 24.3 Å². The van der Waals surface area contributed by atoms with Gasteiger partial charge in [0.15, 0.2) is 0 Å². The van der Waals surface area contributed by atoms with Crippen LogP contribution in [0.5, 0.6) is 0 Å². The van der Waals surface area contributed by atoms with E-state index in [1.54, 1.807) is 12.0 Å². The maximum atomic E-state index is 13.0. The fourth-order valence-corrected chi connectivity index (χ4v) is 2.97. The third kappa shape index (κ3) is 5.16. The normalized spacial score (nSPS) is 19.7. The number of likely N-dealkylation sites (tertiary alicyclic amines) is 1. The molecule has 1 atom stereocenters. The van der Waals surface area contributed by atoms with E-state index in [0.717, 1.165) is 6.42 Å². The highest BCUT2D eigenvalue weighted by Crippen LogP contribution is 2.26. The number of hydrogen-bond acceptors (Lipinski definition) is 3. The maximum absolute atomic E-state index is 13.0. The molecular formula is C18H26FN3O3. The number of carbonyl (C=O) groups is 2. The summed E-state index contributed by atoms with van der Waals surface area (Å²) in [6, 6.07) is 5.31. The lowest BCUT2D eigenvalue weighted by molar-refractivity contribution is 0.0867. The topological polar surface area (TPSA) is 70.7 Å². The van der Waals surface area contributed by atoms with Crippen LogP contribution < -0.4 is 10.6 Å².